The Morgan fingerprint density at radius 3 is 1.36 bits per heavy atom. The molecule has 4 aliphatic rings. The van der Waals surface area contributed by atoms with Gasteiger partial charge in [0.25, 0.3) is 0 Å². The van der Waals surface area contributed by atoms with Crippen molar-refractivity contribution >= 4 is 80.6 Å². The number of ether oxygens (including phenoxy) is 2. The fraction of sp³-hybridized carbons (Fsp3) is 0.389. The van der Waals surface area contributed by atoms with Gasteiger partial charge in [-0.25, -0.2) is 34.4 Å². The van der Waals surface area contributed by atoms with E-state index in [0.29, 0.717) is 81.3 Å². The minimum absolute atomic E-state index is 0.000496. The van der Waals surface area contributed by atoms with Crippen molar-refractivity contribution in [3.05, 3.63) is 149 Å². The smallest absolute Gasteiger partial charge is 0.316 e. The number of nitrogens with zero attached hydrogens (tertiary/aromatic N) is 8. The van der Waals surface area contributed by atoms with Crippen LogP contribution < -0.4 is 41.4 Å². The summed E-state index contributed by atoms with van der Waals surface area (Å²) in [6.45, 7) is 7.92. The lowest BCUT2D eigenvalue weighted by Gasteiger charge is -2.35. The fourth-order valence-electron chi connectivity index (χ4n) is 9.13. The summed E-state index contributed by atoms with van der Waals surface area (Å²) in [4.78, 5) is 42.1. The fourth-order valence-corrected chi connectivity index (χ4v) is 12.7. The Balaban J connectivity index is 0.000000196. The zero-order valence-electron chi connectivity index (χ0n) is 44.3. The lowest BCUT2D eigenvalue weighted by atomic mass is 10.2. The molecule has 2 aliphatic carbocycles. The zero-order valence-corrected chi connectivity index (χ0v) is 49.1. The molecule has 0 bridgehead atoms. The van der Waals surface area contributed by atoms with Crippen LogP contribution in [0.4, 0.5) is 40.3 Å². The number of nitrogens with two attached hydrogens (primary N) is 1. The normalized spacial score (nSPS) is 17.0. The van der Waals surface area contributed by atoms with E-state index in [-0.39, 0.29) is 90.4 Å². The van der Waals surface area contributed by atoms with E-state index in [1.54, 1.807) is 36.4 Å². The van der Waals surface area contributed by atoms with Crippen LogP contribution in [0.5, 0.6) is 11.5 Å². The number of sulfonamides is 2. The molecule has 0 atom stereocenters. The number of amides is 1. The van der Waals surface area contributed by atoms with Gasteiger partial charge < -0.3 is 30.3 Å². The minimum atomic E-state index is -3.70. The first kappa shape index (κ1) is 59.2. The molecule has 4 heterocycles. The molecule has 3 N–H and O–H groups in total. The van der Waals surface area contributed by atoms with E-state index in [4.69, 9.17) is 15.2 Å². The van der Waals surface area contributed by atoms with Gasteiger partial charge in [0.1, 0.15) is 34.6 Å². The summed E-state index contributed by atoms with van der Waals surface area (Å²) in [6.07, 6.45) is 6.68. The SMILES string of the molecule is CC(=O)Nc1cc(CS(=O)(=O)N2CCN(c3cnn(-c4cc(F)cc(F)c4)c(=O)c3OCC3(C)CC3)CC2)ccc1Br.CC1(COc2c(N3CCN(S(=O)(=O)Cc4ccc(Br)c(N)c4)CC3)cnn(-c3cc(F)cc(F)c3)c2=O)CC1. The van der Waals surface area contributed by atoms with Gasteiger partial charge in [-0.1, -0.05) is 26.0 Å². The van der Waals surface area contributed by atoms with Gasteiger partial charge in [0.05, 0.1) is 54.2 Å². The van der Waals surface area contributed by atoms with Crippen molar-refractivity contribution in [2.45, 2.75) is 58.0 Å². The van der Waals surface area contributed by atoms with Crippen molar-refractivity contribution in [2.75, 3.05) is 86.4 Å². The molecule has 2 saturated carbocycles. The number of hydrogen-bond donors (Lipinski definition) is 2. The standard InChI is InChI=1S/C28H30BrF2N5O5S.C26H28BrF2N5O4S/c1-18(37)33-24-11-19(3-4-23(24)29)16-42(39,40)35-9-7-34(8-10-35)25-15-32-36(22-13-20(30)12-21(31)14-22)27(38)26(25)41-17-28(2)5-6-28;1-26(4-5-26)16-38-24-23(14-31-34(25(24)35)20-12-18(28)11-19(29)13-20)32-6-8-33(9-7-32)39(36,37)15-17-2-3-21(27)22(30)10-17/h3-4,11-15H,5-10,16-17H2,1-2H3,(H,33,37);2-3,10-14H,4-9,15-16,30H2,1H3. The van der Waals surface area contributed by atoms with E-state index in [0.717, 1.165) is 59.3 Å². The maximum Gasteiger partial charge on any atom is 0.316 e. The third-order valence-corrected chi connectivity index (χ3v) is 19.5. The number of carbonyl (C=O) groups excluding carboxylic acids is 1. The largest absolute Gasteiger partial charge is 0.486 e. The van der Waals surface area contributed by atoms with Gasteiger partial charge in [-0.15, -0.1) is 0 Å². The van der Waals surface area contributed by atoms with E-state index >= 15 is 0 Å². The van der Waals surface area contributed by atoms with Crippen LogP contribution in [-0.2, 0) is 36.3 Å². The average Bonchev–Trinajstić information content (AvgIpc) is 4.36. The zero-order chi connectivity index (χ0) is 58.2. The summed E-state index contributed by atoms with van der Waals surface area (Å²) >= 11 is 6.66. The van der Waals surface area contributed by atoms with Gasteiger partial charge in [-0.2, -0.15) is 28.2 Å². The summed E-state index contributed by atoms with van der Waals surface area (Å²) in [6, 6.07) is 15.5. The molecule has 2 aliphatic heterocycles. The monoisotopic (exact) mass is 1290 g/mol. The minimum Gasteiger partial charge on any atom is -0.486 e. The highest BCUT2D eigenvalue weighted by molar-refractivity contribution is 9.11. The molecular formula is C54H58Br2F4N10O9S2. The summed E-state index contributed by atoms with van der Waals surface area (Å²) in [5, 5.41) is 11.0. The van der Waals surface area contributed by atoms with Gasteiger partial charge in [0, 0.05) is 96.9 Å². The summed E-state index contributed by atoms with van der Waals surface area (Å²) in [5.74, 6) is -4.04. The van der Waals surface area contributed by atoms with Gasteiger partial charge in [-0.05, 0) is 117 Å². The highest BCUT2D eigenvalue weighted by atomic mass is 79.9. The second-order valence-corrected chi connectivity index (χ2v) is 26.9. The molecule has 2 aromatic heterocycles. The summed E-state index contributed by atoms with van der Waals surface area (Å²) in [5.41, 5.74) is 7.22. The van der Waals surface area contributed by atoms with E-state index in [1.165, 1.54) is 27.9 Å². The molecule has 6 aromatic rings. The molecule has 81 heavy (non-hydrogen) atoms. The van der Waals surface area contributed by atoms with Crippen molar-refractivity contribution in [3.63, 3.8) is 0 Å². The van der Waals surface area contributed by atoms with Crippen LogP contribution in [0.2, 0.25) is 0 Å². The van der Waals surface area contributed by atoms with Gasteiger partial charge >= 0.3 is 11.1 Å². The quantitative estimate of drug-likeness (QED) is 0.0658. The molecule has 432 valence electrons. The van der Waals surface area contributed by atoms with Crippen LogP contribution in [0.25, 0.3) is 11.4 Å². The number of piperazine rings is 2. The van der Waals surface area contributed by atoms with E-state index in [2.05, 4.69) is 54.3 Å². The Hall–Kier alpha value is -6.39. The van der Waals surface area contributed by atoms with Crippen LogP contribution in [-0.4, -0.2) is 116 Å². The van der Waals surface area contributed by atoms with Crippen LogP contribution in [0, 0.1) is 34.1 Å². The first-order chi connectivity index (χ1) is 38.3. The first-order valence-electron chi connectivity index (χ1n) is 25.8. The Morgan fingerprint density at radius 1 is 0.605 bits per heavy atom. The Bertz CT molecular complexity index is 3700. The topological polar surface area (TPSA) is 225 Å². The lowest BCUT2D eigenvalue weighted by Crippen LogP contribution is -2.49. The maximum atomic E-state index is 13.9. The summed E-state index contributed by atoms with van der Waals surface area (Å²) in [7, 11) is -7.31. The predicted octanol–water partition coefficient (Wildman–Crippen LogP) is 7.75. The third kappa shape index (κ3) is 14.5. The Labute approximate surface area is 482 Å². The molecule has 4 fully saturated rings. The predicted molar refractivity (Wildman–Crippen MR) is 305 cm³/mol. The van der Waals surface area contributed by atoms with E-state index < -0.39 is 54.4 Å². The average molecular weight is 1290 g/mol. The summed E-state index contributed by atoms with van der Waals surface area (Å²) < 4.78 is 126. The molecule has 1 amide bonds. The Morgan fingerprint density at radius 2 is 0.988 bits per heavy atom. The number of rotatable bonds is 17. The van der Waals surface area contributed by atoms with Crippen LogP contribution >= 0.6 is 31.9 Å². The van der Waals surface area contributed by atoms with Crippen LogP contribution in [0.1, 0.15) is 57.6 Å². The highest BCUT2D eigenvalue weighted by Crippen LogP contribution is 2.46. The van der Waals surface area contributed by atoms with Crippen molar-refractivity contribution in [3.8, 4) is 22.9 Å². The molecule has 0 unspecified atom stereocenters. The van der Waals surface area contributed by atoms with Crippen LogP contribution in [0.15, 0.2) is 104 Å². The molecule has 0 radical (unpaired) electrons. The second kappa shape index (κ2) is 23.8. The molecule has 27 heteroatoms. The molecular weight excluding hydrogens is 1230 g/mol. The second-order valence-electron chi connectivity index (χ2n) is 21.2. The molecule has 2 saturated heterocycles. The van der Waals surface area contributed by atoms with E-state index in [1.807, 2.05) is 16.7 Å². The van der Waals surface area contributed by atoms with Crippen molar-refractivity contribution in [1.82, 2.24) is 28.2 Å². The van der Waals surface area contributed by atoms with Gasteiger partial charge in [0.2, 0.25) is 37.5 Å². The molecule has 19 nitrogen and oxygen atoms in total. The lowest BCUT2D eigenvalue weighted by molar-refractivity contribution is -0.114. The number of carbonyl (C=O) groups is 1. The molecule has 4 aromatic carbocycles. The number of nitrogen functional groups attached to an aromatic ring is 1. The number of benzene rings is 4. The number of anilines is 4. The first-order valence-corrected chi connectivity index (χ1v) is 30.6. The number of halogens is 6. The maximum absolute atomic E-state index is 13.9. The van der Waals surface area contributed by atoms with Gasteiger partial charge in [0.15, 0.2) is 0 Å². The van der Waals surface area contributed by atoms with Gasteiger partial charge in [-0.3, -0.25) is 14.4 Å². The molecule has 10 rings (SSSR count). The van der Waals surface area contributed by atoms with Crippen molar-refractivity contribution in [2.24, 2.45) is 10.8 Å². The molecule has 0 spiro atoms. The third-order valence-electron chi connectivity index (χ3n) is 14.4. The van der Waals surface area contributed by atoms with E-state index in [9.17, 15) is 48.8 Å². The van der Waals surface area contributed by atoms with Crippen LogP contribution in [0.3, 0.4) is 0 Å². The highest BCUT2D eigenvalue weighted by Gasteiger charge is 2.40. The number of aromatic nitrogens is 4. The number of nitrogens with one attached hydrogen (secondary N) is 1. The Kier molecular flexibility index (Phi) is 17.4. The number of hydrogen-bond acceptors (Lipinski definition) is 14. The van der Waals surface area contributed by atoms with Crippen molar-refractivity contribution in [1.29, 1.82) is 0 Å². The van der Waals surface area contributed by atoms with Crippen molar-refractivity contribution < 1.29 is 48.7 Å².